The molecule has 1 amide bonds. The molecule has 0 unspecified atom stereocenters. The molecular weight excluding hydrogens is 285 g/mol. The average Bonchev–Trinajstić information content (AvgIpc) is 3.17. The first-order valence-corrected chi connectivity index (χ1v) is 7.29. The molecule has 122 valence electrons. The predicted molar refractivity (Wildman–Crippen MR) is 75.1 cm³/mol. The largest absolute Gasteiger partial charge is 0.390 e. The summed E-state index contributed by atoms with van der Waals surface area (Å²) in [5.41, 5.74) is 0. The number of nitrogens with one attached hydrogen (secondary N) is 3. The fraction of sp³-hybridized carbons (Fsp3) is 0.846. The molecule has 0 heterocycles. The SMILES string of the molecule is CCNC(=NCCCC(=O)NC1CC1)NCCC(F)(F)F. The van der Waals surface area contributed by atoms with Gasteiger partial charge in [0.25, 0.3) is 0 Å². The van der Waals surface area contributed by atoms with Gasteiger partial charge in [-0.2, -0.15) is 13.2 Å². The van der Waals surface area contributed by atoms with E-state index in [1.54, 1.807) is 0 Å². The van der Waals surface area contributed by atoms with Crippen LogP contribution in [-0.4, -0.2) is 43.7 Å². The van der Waals surface area contributed by atoms with Gasteiger partial charge >= 0.3 is 6.18 Å². The maximum atomic E-state index is 12.1. The second kappa shape index (κ2) is 8.74. The number of guanidine groups is 1. The third-order valence-corrected chi connectivity index (χ3v) is 2.82. The quantitative estimate of drug-likeness (QED) is 0.362. The Balaban J connectivity index is 2.18. The minimum Gasteiger partial charge on any atom is -0.357 e. The summed E-state index contributed by atoms with van der Waals surface area (Å²) in [7, 11) is 0. The lowest BCUT2D eigenvalue weighted by Gasteiger charge is -2.12. The molecule has 3 N–H and O–H groups in total. The molecule has 1 rings (SSSR count). The van der Waals surface area contributed by atoms with Gasteiger partial charge in [-0.1, -0.05) is 0 Å². The molecular formula is C13H23F3N4O. The van der Waals surface area contributed by atoms with Crippen molar-refractivity contribution in [2.24, 2.45) is 4.99 Å². The second-order valence-corrected chi connectivity index (χ2v) is 5.00. The summed E-state index contributed by atoms with van der Waals surface area (Å²) in [6.45, 7) is 2.60. The lowest BCUT2D eigenvalue weighted by Crippen LogP contribution is -2.39. The molecule has 0 aromatic carbocycles. The first kappa shape index (κ1) is 17.6. The van der Waals surface area contributed by atoms with E-state index < -0.39 is 12.6 Å². The molecule has 0 aromatic rings. The van der Waals surface area contributed by atoms with Crippen molar-refractivity contribution in [2.75, 3.05) is 19.6 Å². The van der Waals surface area contributed by atoms with Crippen LogP contribution in [0.5, 0.6) is 0 Å². The van der Waals surface area contributed by atoms with Gasteiger partial charge in [-0.05, 0) is 26.2 Å². The van der Waals surface area contributed by atoms with Gasteiger partial charge in [-0.3, -0.25) is 9.79 Å². The highest BCUT2D eigenvalue weighted by Crippen LogP contribution is 2.19. The first-order chi connectivity index (χ1) is 9.90. The van der Waals surface area contributed by atoms with Crippen LogP contribution in [0.15, 0.2) is 4.99 Å². The van der Waals surface area contributed by atoms with Gasteiger partial charge in [0, 0.05) is 32.1 Å². The fourth-order valence-corrected chi connectivity index (χ4v) is 1.62. The zero-order valence-corrected chi connectivity index (χ0v) is 12.2. The molecule has 1 fully saturated rings. The highest BCUT2D eigenvalue weighted by molar-refractivity contribution is 5.79. The molecule has 0 aliphatic heterocycles. The molecule has 1 aliphatic carbocycles. The van der Waals surface area contributed by atoms with Crippen molar-refractivity contribution in [3.05, 3.63) is 0 Å². The smallest absolute Gasteiger partial charge is 0.357 e. The van der Waals surface area contributed by atoms with Crippen LogP contribution >= 0.6 is 0 Å². The highest BCUT2D eigenvalue weighted by Gasteiger charge is 2.26. The number of amides is 1. The number of halogens is 3. The van der Waals surface area contributed by atoms with E-state index in [2.05, 4.69) is 20.9 Å². The van der Waals surface area contributed by atoms with Crippen molar-refractivity contribution >= 4 is 11.9 Å². The van der Waals surface area contributed by atoms with Gasteiger partial charge in [0.15, 0.2) is 5.96 Å². The zero-order chi connectivity index (χ0) is 15.7. The molecule has 21 heavy (non-hydrogen) atoms. The van der Waals surface area contributed by atoms with Crippen LogP contribution in [0.4, 0.5) is 13.2 Å². The van der Waals surface area contributed by atoms with Gasteiger partial charge in [0.2, 0.25) is 5.91 Å². The Morgan fingerprint density at radius 2 is 2.00 bits per heavy atom. The monoisotopic (exact) mass is 308 g/mol. The summed E-state index contributed by atoms with van der Waals surface area (Å²) in [4.78, 5) is 15.6. The van der Waals surface area contributed by atoms with Crippen LogP contribution in [-0.2, 0) is 4.79 Å². The number of hydrogen-bond donors (Lipinski definition) is 3. The number of hydrogen-bond acceptors (Lipinski definition) is 2. The molecule has 8 heteroatoms. The summed E-state index contributed by atoms with van der Waals surface area (Å²) < 4.78 is 36.2. The van der Waals surface area contributed by atoms with E-state index in [-0.39, 0.29) is 12.5 Å². The minimum absolute atomic E-state index is 0.0164. The second-order valence-electron chi connectivity index (χ2n) is 5.00. The predicted octanol–water partition coefficient (Wildman–Crippen LogP) is 1.55. The summed E-state index contributed by atoms with van der Waals surface area (Å²) in [5.74, 6) is 0.368. The number of aliphatic imine (C=N–C) groups is 1. The summed E-state index contributed by atoms with van der Waals surface area (Å²) >= 11 is 0. The van der Waals surface area contributed by atoms with Crippen molar-refractivity contribution in [1.29, 1.82) is 0 Å². The third kappa shape index (κ3) is 9.97. The van der Waals surface area contributed by atoms with Crippen molar-refractivity contribution in [1.82, 2.24) is 16.0 Å². The van der Waals surface area contributed by atoms with Gasteiger partial charge in [0.05, 0.1) is 6.42 Å². The highest BCUT2D eigenvalue weighted by atomic mass is 19.4. The number of alkyl halides is 3. The molecule has 0 bridgehead atoms. The lowest BCUT2D eigenvalue weighted by atomic mass is 10.3. The molecule has 1 aliphatic rings. The third-order valence-electron chi connectivity index (χ3n) is 2.82. The van der Waals surface area contributed by atoms with Crippen LogP contribution in [0.1, 0.15) is 39.0 Å². The van der Waals surface area contributed by atoms with Crippen LogP contribution < -0.4 is 16.0 Å². The van der Waals surface area contributed by atoms with E-state index in [9.17, 15) is 18.0 Å². The van der Waals surface area contributed by atoms with Gasteiger partial charge in [-0.25, -0.2) is 0 Å². The molecule has 0 atom stereocenters. The van der Waals surface area contributed by atoms with Crippen LogP contribution in [0.2, 0.25) is 0 Å². The Morgan fingerprint density at radius 3 is 2.57 bits per heavy atom. The Morgan fingerprint density at radius 1 is 1.29 bits per heavy atom. The van der Waals surface area contributed by atoms with E-state index in [0.717, 1.165) is 12.8 Å². The first-order valence-electron chi connectivity index (χ1n) is 7.29. The topological polar surface area (TPSA) is 65.5 Å². The Labute approximate surface area is 122 Å². The molecule has 0 spiro atoms. The maximum absolute atomic E-state index is 12.1. The van der Waals surface area contributed by atoms with Gasteiger partial charge in [0.1, 0.15) is 0 Å². The molecule has 1 saturated carbocycles. The van der Waals surface area contributed by atoms with Crippen molar-refractivity contribution in [3.8, 4) is 0 Å². The normalized spacial score (nSPS) is 15.7. The summed E-state index contributed by atoms with van der Waals surface area (Å²) in [5, 5.41) is 8.37. The van der Waals surface area contributed by atoms with Crippen LogP contribution in [0.25, 0.3) is 0 Å². The van der Waals surface area contributed by atoms with E-state index in [1.165, 1.54) is 0 Å². The number of rotatable bonds is 8. The average molecular weight is 308 g/mol. The Bertz CT molecular complexity index is 354. The summed E-state index contributed by atoms with van der Waals surface area (Å²) in [6.07, 6.45) is -2.00. The maximum Gasteiger partial charge on any atom is 0.390 e. The molecule has 0 aromatic heterocycles. The van der Waals surface area contributed by atoms with Crippen molar-refractivity contribution < 1.29 is 18.0 Å². The van der Waals surface area contributed by atoms with Crippen LogP contribution in [0.3, 0.4) is 0 Å². The lowest BCUT2D eigenvalue weighted by molar-refractivity contribution is -0.132. The molecule has 0 radical (unpaired) electrons. The zero-order valence-electron chi connectivity index (χ0n) is 12.2. The van der Waals surface area contributed by atoms with Crippen LogP contribution in [0, 0.1) is 0 Å². The number of carbonyl (C=O) groups excluding carboxylic acids is 1. The molecule has 5 nitrogen and oxygen atoms in total. The fourth-order valence-electron chi connectivity index (χ4n) is 1.62. The summed E-state index contributed by atoms with van der Waals surface area (Å²) in [6, 6.07) is 0.349. The Kier molecular flexibility index (Phi) is 7.31. The van der Waals surface area contributed by atoms with E-state index in [4.69, 9.17) is 0 Å². The van der Waals surface area contributed by atoms with E-state index in [0.29, 0.717) is 37.9 Å². The van der Waals surface area contributed by atoms with Gasteiger partial charge in [-0.15, -0.1) is 0 Å². The van der Waals surface area contributed by atoms with Crippen molar-refractivity contribution in [2.45, 2.75) is 51.2 Å². The van der Waals surface area contributed by atoms with E-state index in [1.807, 2.05) is 6.92 Å². The van der Waals surface area contributed by atoms with Gasteiger partial charge < -0.3 is 16.0 Å². The number of nitrogens with zero attached hydrogens (tertiary/aromatic N) is 1. The molecule has 0 saturated heterocycles. The van der Waals surface area contributed by atoms with E-state index >= 15 is 0 Å². The number of carbonyl (C=O) groups is 1. The van der Waals surface area contributed by atoms with Crippen molar-refractivity contribution in [3.63, 3.8) is 0 Å². The standard InChI is InChI=1S/C13H23F3N4O/c1-2-17-12(19-9-7-13(14,15)16)18-8-3-4-11(21)20-10-5-6-10/h10H,2-9H2,1H3,(H,20,21)(H2,17,18,19). The minimum atomic E-state index is -4.18. The Hall–Kier alpha value is -1.47.